The lowest BCUT2D eigenvalue weighted by molar-refractivity contribution is 0.0600. The van der Waals surface area contributed by atoms with Crippen LogP contribution in [0.2, 0.25) is 0 Å². The summed E-state index contributed by atoms with van der Waals surface area (Å²) in [6, 6.07) is 16.0. The smallest absolute Gasteiger partial charge is 0.337 e. The maximum Gasteiger partial charge on any atom is 0.337 e. The molecule has 3 rings (SSSR count). The van der Waals surface area contributed by atoms with Crippen molar-refractivity contribution in [3.63, 3.8) is 0 Å². The predicted octanol–water partition coefficient (Wildman–Crippen LogP) is 4.98. The molecule has 0 N–H and O–H groups in total. The molecular formula is C21H23N3O2S2. The van der Waals surface area contributed by atoms with Gasteiger partial charge in [-0.3, -0.25) is 0 Å². The molecule has 0 fully saturated rings. The standard InChI is InChI=1S/C21H23N3O2S2/c1-4-24-19(14-27-18-11-5-15(2)6-12-18)22-23-21(24)28-13-16-7-9-17(10-8-16)20(25)26-3/h5-12H,4,13-14H2,1-3H3. The molecule has 0 radical (unpaired) electrons. The van der Waals surface area contributed by atoms with E-state index in [1.165, 1.54) is 17.6 Å². The average Bonchev–Trinajstić information content (AvgIpc) is 3.13. The lowest BCUT2D eigenvalue weighted by atomic mass is 10.1. The number of rotatable bonds is 8. The first-order valence-corrected chi connectivity index (χ1v) is 11.0. The normalized spacial score (nSPS) is 10.8. The number of nitrogens with zero attached hydrogens (tertiary/aromatic N) is 3. The fourth-order valence-electron chi connectivity index (χ4n) is 2.64. The summed E-state index contributed by atoms with van der Waals surface area (Å²) in [6.45, 7) is 5.04. The van der Waals surface area contributed by atoms with Gasteiger partial charge in [-0.1, -0.05) is 41.6 Å². The van der Waals surface area contributed by atoms with Gasteiger partial charge in [0.05, 0.1) is 18.4 Å². The molecule has 0 unspecified atom stereocenters. The number of hydrogen-bond acceptors (Lipinski definition) is 6. The third-order valence-electron chi connectivity index (χ3n) is 4.24. The van der Waals surface area contributed by atoms with Crippen molar-refractivity contribution in [1.29, 1.82) is 0 Å². The molecule has 2 aromatic carbocycles. The Labute approximate surface area is 173 Å². The molecule has 0 spiro atoms. The number of thioether (sulfide) groups is 2. The highest BCUT2D eigenvalue weighted by Crippen LogP contribution is 2.26. The summed E-state index contributed by atoms with van der Waals surface area (Å²) in [5.41, 5.74) is 2.95. The molecule has 0 saturated heterocycles. The Balaban J connectivity index is 1.61. The Morgan fingerprint density at radius 1 is 1.00 bits per heavy atom. The number of esters is 1. The molecule has 3 aromatic rings. The topological polar surface area (TPSA) is 57.0 Å². The van der Waals surface area contributed by atoms with Crippen molar-refractivity contribution in [3.8, 4) is 0 Å². The lowest BCUT2D eigenvalue weighted by Crippen LogP contribution is -2.02. The van der Waals surface area contributed by atoms with Crippen molar-refractivity contribution in [3.05, 3.63) is 71.0 Å². The van der Waals surface area contributed by atoms with Gasteiger partial charge >= 0.3 is 5.97 Å². The molecule has 1 heterocycles. The number of hydrogen-bond donors (Lipinski definition) is 0. The van der Waals surface area contributed by atoms with Crippen LogP contribution in [0.5, 0.6) is 0 Å². The minimum atomic E-state index is -0.319. The first-order valence-electron chi connectivity index (χ1n) is 9.02. The fourth-order valence-corrected chi connectivity index (χ4v) is 4.45. The highest BCUT2D eigenvalue weighted by molar-refractivity contribution is 7.98. The highest BCUT2D eigenvalue weighted by Gasteiger charge is 2.12. The minimum absolute atomic E-state index is 0.319. The van der Waals surface area contributed by atoms with E-state index in [1.54, 1.807) is 35.7 Å². The van der Waals surface area contributed by atoms with E-state index in [0.29, 0.717) is 5.56 Å². The third-order valence-corrected chi connectivity index (χ3v) is 6.29. The van der Waals surface area contributed by atoms with E-state index in [2.05, 4.69) is 52.9 Å². The second-order valence-electron chi connectivity index (χ2n) is 6.22. The number of aryl methyl sites for hydroxylation is 1. The molecule has 28 heavy (non-hydrogen) atoms. The molecule has 0 aliphatic carbocycles. The van der Waals surface area contributed by atoms with Gasteiger partial charge in [0.25, 0.3) is 0 Å². The zero-order valence-electron chi connectivity index (χ0n) is 16.2. The Hall–Kier alpha value is -2.25. The van der Waals surface area contributed by atoms with Gasteiger partial charge in [0, 0.05) is 17.2 Å². The molecule has 0 saturated carbocycles. The maximum atomic E-state index is 11.5. The summed E-state index contributed by atoms with van der Waals surface area (Å²) in [5.74, 6) is 2.22. The van der Waals surface area contributed by atoms with E-state index in [9.17, 15) is 4.79 Å². The van der Waals surface area contributed by atoms with Crippen molar-refractivity contribution in [1.82, 2.24) is 14.8 Å². The largest absolute Gasteiger partial charge is 0.465 e. The van der Waals surface area contributed by atoms with Gasteiger partial charge in [-0.05, 0) is 43.7 Å². The van der Waals surface area contributed by atoms with Crippen molar-refractivity contribution >= 4 is 29.5 Å². The van der Waals surface area contributed by atoms with Crippen molar-refractivity contribution in [2.75, 3.05) is 7.11 Å². The van der Waals surface area contributed by atoms with Crippen LogP contribution in [0.4, 0.5) is 0 Å². The first-order chi connectivity index (χ1) is 13.6. The van der Waals surface area contributed by atoms with Gasteiger partial charge < -0.3 is 9.30 Å². The highest BCUT2D eigenvalue weighted by atomic mass is 32.2. The number of ether oxygens (including phenoxy) is 1. The number of carbonyl (C=O) groups excluding carboxylic acids is 1. The van der Waals surface area contributed by atoms with Crippen LogP contribution in [0.3, 0.4) is 0 Å². The number of carbonyl (C=O) groups is 1. The molecule has 146 valence electrons. The number of benzene rings is 2. The number of methoxy groups -OCH3 is 1. The molecule has 1 aromatic heterocycles. The Kier molecular flexibility index (Phi) is 7.17. The van der Waals surface area contributed by atoms with Crippen LogP contribution in [-0.4, -0.2) is 27.8 Å². The summed E-state index contributed by atoms with van der Waals surface area (Å²) in [5, 5.41) is 9.68. The average molecular weight is 414 g/mol. The minimum Gasteiger partial charge on any atom is -0.465 e. The van der Waals surface area contributed by atoms with Crippen molar-refractivity contribution in [2.24, 2.45) is 0 Å². The summed E-state index contributed by atoms with van der Waals surface area (Å²) >= 11 is 3.42. The zero-order chi connectivity index (χ0) is 19.9. The SMILES string of the molecule is CCn1c(CSc2ccc(C)cc2)nnc1SCc1ccc(C(=O)OC)cc1. The van der Waals surface area contributed by atoms with E-state index in [-0.39, 0.29) is 5.97 Å². The molecule has 0 aliphatic rings. The van der Waals surface area contributed by atoms with Crippen molar-refractivity contribution in [2.45, 2.75) is 41.9 Å². The van der Waals surface area contributed by atoms with Gasteiger partial charge in [0.2, 0.25) is 0 Å². The monoisotopic (exact) mass is 413 g/mol. The molecular weight excluding hydrogens is 390 g/mol. The number of aromatic nitrogens is 3. The second kappa shape index (κ2) is 9.80. The van der Waals surface area contributed by atoms with Crippen molar-refractivity contribution < 1.29 is 9.53 Å². The van der Waals surface area contributed by atoms with Gasteiger partial charge in [-0.15, -0.1) is 22.0 Å². The Bertz CT molecular complexity index is 922. The van der Waals surface area contributed by atoms with E-state index >= 15 is 0 Å². The summed E-state index contributed by atoms with van der Waals surface area (Å²) < 4.78 is 6.89. The summed E-state index contributed by atoms with van der Waals surface area (Å²) in [6.07, 6.45) is 0. The summed E-state index contributed by atoms with van der Waals surface area (Å²) in [7, 11) is 1.39. The van der Waals surface area contributed by atoms with Crippen LogP contribution in [0, 0.1) is 6.92 Å². The van der Waals surface area contributed by atoms with Gasteiger partial charge in [0.1, 0.15) is 5.82 Å². The predicted molar refractivity (Wildman–Crippen MR) is 114 cm³/mol. The molecule has 0 atom stereocenters. The zero-order valence-corrected chi connectivity index (χ0v) is 17.8. The van der Waals surface area contributed by atoms with Gasteiger partial charge in [-0.2, -0.15) is 0 Å². The molecule has 7 heteroatoms. The van der Waals surface area contributed by atoms with Crippen LogP contribution >= 0.6 is 23.5 Å². The van der Waals surface area contributed by atoms with Crippen LogP contribution in [-0.2, 0) is 22.8 Å². The van der Waals surface area contributed by atoms with E-state index in [0.717, 1.165) is 34.6 Å². The quantitative estimate of drug-likeness (QED) is 0.384. The Morgan fingerprint density at radius 3 is 2.36 bits per heavy atom. The first kappa shape index (κ1) is 20.5. The fraction of sp³-hybridized carbons (Fsp3) is 0.286. The second-order valence-corrected chi connectivity index (χ2v) is 8.21. The maximum absolute atomic E-state index is 11.5. The van der Waals surface area contributed by atoms with Crippen LogP contribution in [0.25, 0.3) is 0 Å². The van der Waals surface area contributed by atoms with Crippen LogP contribution < -0.4 is 0 Å². The van der Waals surface area contributed by atoms with Gasteiger partial charge in [-0.25, -0.2) is 4.79 Å². The molecule has 0 bridgehead atoms. The van der Waals surface area contributed by atoms with E-state index < -0.39 is 0 Å². The van der Waals surface area contributed by atoms with Gasteiger partial charge in [0.15, 0.2) is 5.16 Å². The molecule has 0 amide bonds. The lowest BCUT2D eigenvalue weighted by Gasteiger charge is -2.08. The van der Waals surface area contributed by atoms with Crippen LogP contribution in [0.15, 0.2) is 58.6 Å². The van der Waals surface area contributed by atoms with E-state index in [1.807, 2.05) is 12.1 Å². The molecule has 5 nitrogen and oxygen atoms in total. The Morgan fingerprint density at radius 2 is 1.71 bits per heavy atom. The third kappa shape index (κ3) is 5.17. The van der Waals surface area contributed by atoms with E-state index in [4.69, 9.17) is 4.74 Å². The van der Waals surface area contributed by atoms with Crippen LogP contribution in [0.1, 0.15) is 34.2 Å². The summed E-state index contributed by atoms with van der Waals surface area (Å²) in [4.78, 5) is 12.8. The molecule has 0 aliphatic heterocycles.